The first-order chi connectivity index (χ1) is 10.2. The van der Waals surface area contributed by atoms with Crippen molar-refractivity contribution in [3.8, 4) is 5.75 Å². The Morgan fingerprint density at radius 1 is 1.27 bits per heavy atom. The van der Waals surface area contributed by atoms with Gasteiger partial charge in [0.05, 0.1) is 6.10 Å². The maximum Gasteiger partial charge on any atom is 0.422 e. The van der Waals surface area contributed by atoms with Gasteiger partial charge >= 0.3 is 12.2 Å². The molecule has 1 aromatic carbocycles. The predicted molar refractivity (Wildman–Crippen MR) is 75.9 cm³/mol. The fourth-order valence-electron chi connectivity index (χ4n) is 1.41. The second kappa shape index (κ2) is 7.88. The van der Waals surface area contributed by atoms with E-state index in [-0.39, 0.29) is 18.2 Å². The second-order valence-corrected chi connectivity index (χ2v) is 5.07. The molecule has 124 valence electrons. The molecule has 22 heavy (non-hydrogen) atoms. The van der Waals surface area contributed by atoms with Crippen molar-refractivity contribution >= 4 is 11.7 Å². The number of aliphatic hydroxyl groups excluding tert-OH is 1. The van der Waals surface area contributed by atoms with E-state index in [0.29, 0.717) is 5.69 Å². The molecule has 0 fully saturated rings. The van der Waals surface area contributed by atoms with Crippen LogP contribution in [0.4, 0.5) is 23.7 Å². The van der Waals surface area contributed by atoms with Crippen LogP contribution >= 0.6 is 0 Å². The van der Waals surface area contributed by atoms with Crippen molar-refractivity contribution in [2.24, 2.45) is 5.92 Å². The van der Waals surface area contributed by atoms with Gasteiger partial charge in [-0.3, -0.25) is 0 Å². The van der Waals surface area contributed by atoms with E-state index in [2.05, 4.69) is 15.4 Å². The maximum absolute atomic E-state index is 12.0. The van der Waals surface area contributed by atoms with Crippen molar-refractivity contribution in [2.45, 2.75) is 26.1 Å². The van der Waals surface area contributed by atoms with E-state index < -0.39 is 24.9 Å². The fourth-order valence-corrected chi connectivity index (χ4v) is 1.41. The molecule has 0 aliphatic carbocycles. The highest BCUT2D eigenvalue weighted by atomic mass is 19.4. The van der Waals surface area contributed by atoms with Gasteiger partial charge in [-0.15, -0.1) is 0 Å². The Balaban J connectivity index is 2.42. The predicted octanol–water partition coefficient (Wildman–Crippen LogP) is 2.77. The molecule has 5 nitrogen and oxygen atoms in total. The Hall–Kier alpha value is -1.96. The smallest absolute Gasteiger partial charge is 0.422 e. The molecule has 0 bridgehead atoms. The zero-order valence-corrected chi connectivity index (χ0v) is 12.3. The monoisotopic (exact) mass is 320 g/mol. The van der Waals surface area contributed by atoms with Gasteiger partial charge in [-0.05, 0) is 30.2 Å². The van der Waals surface area contributed by atoms with Gasteiger partial charge in [0.1, 0.15) is 5.75 Å². The zero-order chi connectivity index (χ0) is 16.8. The molecule has 0 unspecified atom stereocenters. The van der Waals surface area contributed by atoms with Crippen LogP contribution in [-0.2, 0) is 0 Å². The summed E-state index contributed by atoms with van der Waals surface area (Å²) in [6, 6.07) is 4.98. The zero-order valence-electron chi connectivity index (χ0n) is 12.3. The highest BCUT2D eigenvalue weighted by molar-refractivity contribution is 5.89. The first kappa shape index (κ1) is 18.1. The third-order valence-electron chi connectivity index (χ3n) is 2.76. The molecule has 0 aromatic heterocycles. The van der Waals surface area contributed by atoms with Crippen molar-refractivity contribution in [1.29, 1.82) is 0 Å². The number of hydrogen-bond donors (Lipinski definition) is 3. The highest BCUT2D eigenvalue weighted by Gasteiger charge is 2.28. The largest absolute Gasteiger partial charge is 0.484 e. The van der Waals surface area contributed by atoms with E-state index in [0.717, 1.165) is 0 Å². The summed E-state index contributed by atoms with van der Waals surface area (Å²) in [6.45, 7) is 2.39. The molecule has 8 heteroatoms. The lowest BCUT2D eigenvalue weighted by Gasteiger charge is -2.15. The lowest BCUT2D eigenvalue weighted by molar-refractivity contribution is -0.153. The van der Waals surface area contributed by atoms with Gasteiger partial charge in [-0.2, -0.15) is 13.2 Å². The molecule has 0 heterocycles. The molecule has 3 N–H and O–H groups in total. The van der Waals surface area contributed by atoms with Crippen LogP contribution in [0.3, 0.4) is 0 Å². The maximum atomic E-state index is 12.0. The average molecular weight is 320 g/mol. The number of rotatable bonds is 6. The normalized spacial score (nSPS) is 12.9. The van der Waals surface area contributed by atoms with E-state index in [4.69, 9.17) is 0 Å². The molecule has 1 rings (SSSR count). The number of carbonyl (C=O) groups is 1. The van der Waals surface area contributed by atoms with E-state index in [1.54, 1.807) is 0 Å². The Labute approximate surface area is 126 Å². The minimum Gasteiger partial charge on any atom is -0.484 e. The van der Waals surface area contributed by atoms with Crippen LogP contribution in [0, 0.1) is 5.92 Å². The third-order valence-corrected chi connectivity index (χ3v) is 2.76. The number of carbonyl (C=O) groups excluding carboxylic acids is 1. The summed E-state index contributed by atoms with van der Waals surface area (Å²) < 4.78 is 40.5. The van der Waals surface area contributed by atoms with Crippen molar-refractivity contribution in [3.05, 3.63) is 24.3 Å². The van der Waals surface area contributed by atoms with Crippen molar-refractivity contribution in [2.75, 3.05) is 18.5 Å². The summed E-state index contributed by atoms with van der Waals surface area (Å²) in [5.41, 5.74) is 0.399. The van der Waals surface area contributed by atoms with Crippen molar-refractivity contribution in [1.82, 2.24) is 5.32 Å². The number of nitrogens with one attached hydrogen (secondary N) is 2. The minimum atomic E-state index is -4.39. The summed E-state index contributed by atoms with van der Waals surface area (Å²) in [5.74, 6) is 0.0730. The molecule has 1 aromatic rings. The van der Waals surface area contributed by atoms with Crippen LogP contribution < -0.4 is 15.4 Å². The number of halogens is 3. The Kier molecular flexibility index (Phi) is 6.48. The number of ether oxygens (including phenoxy) is 1. The number of benzene rings is 1. The minimum absolute atomic E-state index is 0.0189. The third kappa shape index (κ3) is 7.16. The number of amides is 2. The highest BCUT2D eigenvalue weighted by Crippen LogP contribution is 2.20. The molecule has 0 radical (unpaired) electrons. The van der Waals surface area contributed by atoms with Crippen LogP contribution in [0.5, 0.6) is 5.75 Å². The number of hydrogen-bond acceptors (Lipinski definition) is 3. The number of aliphatic hydroxyl groups is 1. The molecule has 0 spiro atoms. The second-order valence-electron chi connectivity index (χ2n) is 5.07. The lowest BCUT2D eigenvalue weighted by Crippen LogP contribution is -2.37. The van der Waals surface area contributed by atoms with E-state index in [1.807, 2.05) is 13.8 Å². The van der Waals surface area contributed by atoms with Gasteiger partial charge in [-0.25, -0.2) is 4.79 Å². The van der Waals surface area contributed by atoms with E-state index >= 15 is 0 Å². The van der Waals surface area contributed by atoms with Crippen molar-refractivity contribution in [3.63, 3.8) is 0 Å². The van der Waals surface area contributed by atoms with Crippen LogP contribution in [-0.4, -0.2) is 36.6 Å². The Morgan fingerprint density at radius 3 is 2.36 bits per heavy atom. The van der Waals surface area contributed by atoms with Crippen molar-refractivity contribution < 1.29 is 27.8 Å². The molecule has 1 atom stereocenters. The van der Waals surface area contributed by atoms with Gasteiger partial charge < -0.3 is 20.5 Å². The molecular formula is C14H19F3N2O3. The number of urea groups is 1. The van der Waals surface area contributed by atoms with Gasteiger partial charge in [0, 0.05) is 12.2 Å². The first-order valence-electron chi connectivity index (χ1n) is 6.70. The lowest BCUT2D eigenvalue weighted by atomic mass is 10.1. The molecule has 0 aliphatic heterocycles. The summed E-state index contributed by atoms with van der Waals surface area (Å²) in [6.07, 6.45) is -5.04. The summed E-state index contributed by atoms with van der Waals surface area (Å²) in [4.78, 5) is 11.6. The van der Waals surface area contributed by atoms with Crippen LogP contribution in [0.2, 0.25) is 0 Å². The summed E-state index contributed by atoms with van der Waals surface area (Å²) in [5, 5.41) is 14.5. The van der Waals surface area contributed by atoms with Crippen LogP contribution in [0.1, 0.15) is 13.8 Å². The van der Waals surface area contributed by atoms with Gasteiger partial charge in [-0.1, -0.05) is 13.8 Å². The van der Waals surface area contributed by atoms with Gasteiger partial charge in [0.2, 0.25) is 0 Å². The fraction of sp³-hybridized carbons (Fsp3) is 0.500. The SMILES string of the molecule is CC(C)[C@H](O)CNC(=O)Nc1ccc(OCC(F)(F)F)cc1. The Bertz CT molecular complexity index is 475. The summed E-state index contributed by atoms with van der Waals surface area (Å²) >= 11 is 0. The first-order valence-corrected chi connectivity index (χ1v) is 6.70. The van der Waals surface area contributed by atoms with Crippen LogP contribution in [0.25, 0.3) is 0 Å². The quantitative estimate of drug-likeness (QED) is 0.755. The molecule has 0 aliphatic rings. The molecule has 2 amide bonds. The number of anilines is 1. The topological polar surface area (TPSA) is 70.6 Å². The molecule has 0 saturated carbocycles. The van der Waals surface area contributed by atoms with E-state index in [1.165, 1.54) is 24.3 Å². The molecular weight excluding hydrogens is 301 g/mol. The Morgan fingerprint density at radius 2 is 1.86 bits per heavy atom. The van der Waals surface area contributed by atoms with Gasteiger partial charge in [0.15, 0.2) is 6.61 Å². The van der Waals surface area contributed by atoms with Crippen LogP contribution in [0.15, 0.2) is 24.3 Å². The average Bonchev–Trinajstić information content (AvgIpc) is 2.43. The van der Waals surface area contributed by atoms with Gasteiger partial charge in [0.25, 0.3) is 0 Å². The number of alkyl halides is 3. The van der Waals surface area contributed by atoms with E-state index in [9.17, 15) is 23.1 Å². The standard InChI is InChI=1S/C14H19F3N2O3/c1-9(2)12(20)7-18-13(21)19-10-3-5-11(6-4-10)22-8-14(15,16)17/h3-6,9,12,20H,7-8H2,1-2H3,(H2,18,19,21)/t12-/m1/s1. The molecule has 0 saturated heterocycles. The summed E-state index contributed by atoms with van der Waals surface area (Å²) in [7, 11) is 0.